The van der Waals surface area contributed by atoms with Gasteiger partial charge < -0.3 is 0 Å². The van der Waals surface area contributed by atoms with E-state index in [0.717, 1.165) is 99.7 Å². The molecular weight excluding hydrogens is 915 g/mol. The highest BCUT2D eigenvalue weighted by molar-refractivity contribution is 7.19. The maximum absolute atomic E-state index is 5.98. The molecule has 0 radical (unpaired) electrons. The summed E-state index contributed by atoms with van der Waals surface area (Å²) < 4.78 is 13.4. The molecule has 11 nitrogen and oxygen atoms in total. The zero-order chi connectivity index (χ0) is 47.8. The molecule has 0 saturated heterocycles. The maximum atomic E-state index is 5.98. The molecule has 0 aliphatic carbocycles. The molecule has 0 fully saturated rings. The summed E-state index contributed by atoms with van der Waals surface area (Å²) in [7, 11) is -3.50. The number of fused-ring (bicyclic) bond motifs is 15. The molecule has 0 atom stereocenters. The van der Waals surface area contributed by atoms with E-state index in [1.807, 2.05) is 12.1 Å². The Morgan fingerprint density at radius 2 is 0.658 bits per heavy atom. The normalized spacial score (nSPS) is 12.4. The van der Waals surface area contributed by atoms with Crippen molar-refractivity contribution in [2.75, 3.05) is 0 Å². The summed E-state index contributed by atoms with van der Waals surface area (Å²) in [4.78, 5) is 27.7. The van der Waals surface area contributed by atoms with E-state index in [1.54, 1.807) is 0 Å². The number of hydrogen-bond donors (Lipinski definition) is 0. The Hall–Kier alpha value is -9.91. The quantitative estimate of drug-likeness (QED) is 0.117. The Kier molecular flexibility index (Phi) is 8.22. The molecule has 16 aromatic rings. The Morgan fingerprint density at radius 3 is 1.16 bits per heavy atom. The first-order valence-electron chi connectivity index (χ1n) is 24.4. The van der Waals surface area contributed by atoms with Gasteiger partial charge in [-0.1, -0.05) is 146 Å². The molecule has 342 valence electrons. The summed E-state index contributed by atoms with van der Waals surface area (Å²) in [5, 5.41) is 4.39. The number of benzene rings is 9. The molecule has 0 saturated carbocycles. The van der Waals surface area contributed by atoms with E-state index in [1.165, 1.54) is 10.4 Å². The summed E-state index contributed by atoms with van der Waals surface area (Å²) in [5.41, 5.74) is 13.0. The second kappa shape index (κ2) is 15.0. The third kappa shape index (κ3) is 5.49. The number of rotatable bonds is 7. The molecule has 0 unspecified atom stereocenters. The number of para-hydroxylation sites is 12. The van der Waals surface area contributed by atoms with Crippen LogP contribution in [0.5, 0.6) is 0 Å². The first-order valence-corrected chi connectivity index (χ1v) is 26.4. The fraction of sp³-hybridized carbons (Fsp3) is 0. The van der Waals surface area contributed by atoms with Crippen molar-refractivity contribution >= 4 is 112 Å². The smallest absolute Gasteiger partial charge is 0.238 e. The first-order chi connectivity index (χ1) is 36.2. The van der Waals surface area contributed by atoms with E-state index in [-0.39, 0.29) is 0 Å². The van der Waals surface area contributed by atoms with Crippen LogP contribution in [0.1, 0.15) is 0 Å². The minimum absolute atomic E-state index is 0.503. The molecule has 16 rings (SSSR count). The van der Waals surface area contributed by atoms with Crippen LogP contribution in [0.25, 0.3) is 101 Å². The third-order valence-corrected chi connectivity index (χ3v) is 19.4. The van der Waals surface area contributed by atoms with Crippen molar-refractivity contribution in [3.63, 3.8) is 0 Å². The topological polar surface area (TPSA) is 92.5 Å². The van der Waals surface area contributed by atoms with Crippen molar-refractivity contribution in [1.82, 2.24) is 51.8 Å². The number of hydrogen-bond acceptors (Lipinski definition) is 5. The minimum atomic E-state index is -3.50. The van der Waals surface area contributed by atoms with Crippen LogP contribution in [-0.4, -0.2) is 59.9 Å². The molecular formula is C61H39N11Si. The van der Waals surface area contributed by atoms with Crippen LogP contribution in [0.2, 0.25) is 0 Å². The standard InChI is InChI=1S/C61H39N11Si/c1-3-21-41(22-4-1)73(42-23-5-2-6-24-42,43-25-19-20-40(38-43)67-50-32-13-14-33-51(50)68-47-29-10-7-26-44(47)62-59(67)68)57-39-56(71-54-36-17-15-34-52(54)69-48-30-11-8-27-45(48)63-60(69)71)65-58(66-57)72-55-37-18-16-35-53(55)70-49-31-12-9-28-46(49)64-61(70)72/h1-39H. The summed E-state index contributed by atoms with van der Waals surface area (Å²) in [5.74, 6) is 3.53. The van der Waals surface area contributed by atoms with Gasteiger partial charge in [0.2, 0.25) is 31.4 Å². The Labute approximate surface area is 416 Å². The van der Waals surface area contributed by atoms with Gasteiger partial charge >= 0.3 is 0 Å². The summed E-state index contributed by atoms with van der Waals surface area (Å²) in [6, 6.07) is 83.9. The van der Waals surface area contributed by atoms with E-state index < -0.39 is 8.07 Å². The second-order valence-electron chi connectivity index (χ2n) is 18.6. The fourth-order valence-corrected chi connectivity index (χ4v) is 16.4. The summed E-state index contributed by atoms with van der Waals surface area (Å²) in [6.45, 7) is 0. The molecule has 0 aliphatic heterocycles. The predicted molar refractivity (Wildman–Crippen MR) is 295 cm³/mol. The van der Waals surface area contributed by atoms with Gasteiger partial charge in [0.15, 0.2) is 0 Å². The van der Waals surface area contributed by atoms with Crippen LogP contribution in [0.15, 0.2) is 237 Å². The Balaban J connectivity index is 1.07. The van der Waals surface area contributed by atoms with Crippen molar-refractivity contribution in [2.24, 2.45) is 0 Å². The van der Waals surface area contributed by atoms with Crippen LogP contribution in [0.4, 0.5) is 0 Å². The highest BCUT2D eigenvalue weighted by atomic mass is 28.3. The molecule has 7 aromatic heterocycles. The minimum Gasteiger partial charge on any atom is -0.278 e. The lowest BCUT2D eigenvalue weighted by Crippen LogP contribution is -2.75. The van der Waals surface area contributed by atoms with Gasteiger partial charge in [-0.2, -0.15) is 4.98 Å². The molecule has 12 heteroatoms. The number of aromatic nitrogens is 11. The van der Waals surface area contributed by atoms with Gasteiger partial charge in [-0.3, -0.25) is 22.3 Å². The monoisotopic (exact) mass is 953 g/mol. The van der Waals surface area contributed by atoms with Gasteiger partial charge in [0.05, 0.1) is 66.2 Å². The fourth-order valence-electron chi connectivity index (χ4n) is 11.8. The molecule has 0 spiro atoms. The van der Waals surface area contributed by atoms with E-state index in [9.17, 15) is 0 Å². The second-order valence-corrected chi connectivity index (χ2v) is 22.4. The van der Waals surface area contributed by atoms with Gasteiger partial charge in [0, 0.05) is 17.1 Å². The highest BCUT2D eigenvalue weighted by Gasteiger charge is 2.44. The lowest BCUT2D eigenvalue weighted by atomic mass is 10.2. The highest BCUT2D eigenvalue weighted by Crippen LogP contribution is 2.33. The van der Waals surface area contributed by atoms with Crippen molar-refractivity contribution in [2.45, 2.75) is 0 Å². The van der Waals surface area contributed by atoms with Crippen LogP contribution >= 0.6 is 0 Å². The van der Waals surface area contributed by atoms with Gasteiger partial charge in [0.25, 0.3) is 0 Å². The number of imidazole rings is 6. The molecule has 0 amide bonds. The molecule has 0 bridgehead atoms. The van der Waals surface area contributed by atoms with Gasteiger partial charge in [0.1, 0.15) is 5.82 Å². The maximum Gasteiger partial charge on any atom is 0.238 e. The SMILES string of the molecule is c1ccc([Si](c2ccccc2)(c2cccc(-n3c4ccccc4n4c5ccccc5nc34)c2)c2cc(-n3c4ccccc4n4c5ccccc5nc34)nc(-n3c4ccccc4n4c5ccccc5nc34)n2)cc1. The molecule has 0 aliphatic rings. The zero-order valence-electron chi connectivity index (χ0n) is 38.9. The predicted octanol–water partition coefficient (Wildman–Crippen LogP) is 10.1. The Bertz CT molecular complexity index is 4680. The average Bonchev–Trinajstić information content (AvgIpc) is 4.30. The zero-order valence-corrected chi connectivity index (χ0v) is 39.9. The van der Waals surface area contributed by atoms with E-state index >= 15 is 0 Å². The largest absolute Gasteiger partial charge is 0.278 e. The van der Waals surface area contributed by atoms with E-state index in [0.29, 0.717) is 11.8 Å². The van der Waals surface area contributed by atoms with Crippen LogP contribution in [0, 0.1) is 0 Å². The average molecular weight is 954 g/mol. The lowest BCUT2D eigenvalue weighted by molar-refractivity contribution is 0.936. The van der Waals surface area contributed by atoms with Crippen molar-refractivity contribution in [3.8, 4) is 17.5 Å². The van der Waals surface area contributed by atoms with Crippen molar-refractivity contribution in [1.29, 1.82) is 0 Å². The lowest BCUT2D eigenvalue weighted by Gasteiger charge is -2.34. The van der Waals surface area contributed by atoms with Gasteiger partial charge in [-0.05, 0) is 100 Å². The van der Waals surface area contributed by atoms with Crippen LogP contribution in [-0.2, 0) is 0 Å². The van der Waals surface area contributed by atoms with Crippen LogP contribution in [0.3, 0.4) is 0 Å². The first kappa shape index (κ1) is 39.9. The van der Waals surface area contributed by atoms with Gasteiger partial charge in [-0.25, -0.2) is 24.5 Å². The molecule has 9 aromatic carbocycles. The van der Waals surface area contributed by atoms with Crippen molar-refractivity contribution in [3.05, 3.63) is 237 Å². The van der Waals surface area contributed by atoms with E-state index in [2.05, 4.69) is 251 Å². The van der Waals surface area contributed by atoms with E-state index in [4.69, 9.17) is 24.9 Å². The molecule has 73 heavy (non-hydrogen) atoms. The molecule has 7 heterocycles. The summed E-state index contributed by atoms with van der Waals surface area (Å²) >= 11 is 0. The molecule has 0 N–H and O–H groups in total. The van der Waals surface area contributed by atoms with Crippen LogP contribution < -0.4 is 20.9 Å². The Morgan fingerprint density at radius 1 is 0.274 bits per heavy atom. The number of nitrogens with zero attached hydrogens (tertiary/aromatic N) is 11. The third-order valence-electron chi connectivity index (χ3n) is 14.8. The van der Waals surface area contributed by atoms with Gasteiger partial charge in [-0.15, -0.1) is 0 Å². The van der Waals surface area contributed by atoms with Crippen molar-refractivity contribution < 1.29 is 0 Å². The summed E-state index contributed by atoms with van der Waals surface area (Å²) in [6.07, 6.45) is 0.